The fourth-order valence-electron chi connectivity index (χ4n) is 4.13. The molecule has 1 fully saturated rings. The van der Waals surface area contributed by atoms with Crippen molar-refractivity contribution in [2.24, 2.45) is 7.05 Å². The number of benzene rings is 2. The highest BCUT2D eigenvalue weighted by atomic mass is 19.1. The van der Waals surface area contributed by atoms with E-state index in [0.29, 0.717) is 6.42 Å². The van der Waals surface area contributed by atoms with Gasteiger partial charge in [0.2, 0.25) is 5.95 Å². The number of para-hydroxylation sites is 1. The van der Waals surface area contributed by atoms with Crippen LogP contribution in [0.4, 0.5) is 10.3 Å². The highest BCUT2D eigenvalue weighted by Gasteiger charge is 2.37. The third-order valence-corrected chi connectivity index (χ3v) is 5.91. The van der Waals surface area contributed by atoms with Gasteiger partial charge in [-0.05, 0) is 29.8 Å². The molecule has 5 rings (SSSR count). The van der Waals surface area contributed by atoms with E-state index >= 15 is 0 Å². The molecule has 0 unspecified atom stereocenters. The molecule has 0 saturated carbocycles. The molecule has 1 spiro atoms. The lowest BCUT2D eigenvalue weighted by Crippen LogP contribution is -2.48. The Morgan fingerprint density at radius 1 is 1.03 bits per heavy atom. The van der Waals surface area contributed by atoms with Crippen LogP contribution in [0.15, 0.2) is 54.6 Å². The van der Waals surface area contributed by atoms with E-state index in [0.717, 1.165) is 54.6 Å². The second-order valence-corrected chi connectivity index (χ2v) is 7.80. The summed E-state index contributed by atoms with van der Waals surface area (Å²) in [5, 5.41) is 8.80. The third kappa shape index (κ3) is 3.39. The number of hydrogen-bond acceptors (Lipinski definition) is 4. The maximum Gasteiger partial charge on any atom is 0.226 e. The molecule has 29 heavy (non-hydrogen) atoms. The van der Waals surface area contributed by atoms with Crippen molar-refractivity contribution in [3.63, 3.8) is 0 Å². The van der Waals surface area contributed by atoms with Crippen LogP contribution < -0.4 is 9.64 Å². The summed E-state index contributed by atoms with van der Waals surface area (Å²) in [5.74, 6) is 2.48. The van der Waals surface area contributed by atoms with E-state index in [4.69, 9.17) is 4.74 Å². The smallest absolute Gasteiger partial charge is 0.226 e. The van der Waals surface area contributed by atoms with Gasteiger partial charge in [0.25, 0.3) is 0 Å². The van der Waals surface area contributed by atoms with E-state index in [2.05, 4.69) is 33.3 Å². The first kappa shape index (κ1) is 17.9. The monoisotopic (exact) mass is 390 g/mol. The molecule has 0 N–H and O–H groups in total. The number of fused-ring (bicyclic) bond motifs is 1. The van der Waals surface area contributed by atoms with Crippen LogP contribution in [0.3, 0.4) is 0 Å². The molecular formula is C23H23FN4O. The average molecular weight is 390 g/mol. The molecule has 0 aliphatic carbocycles. The van der Waals surface area contributed by atoms with Crippen LogP contribution in [0.5, 0.6) is 5.75 Å². The van der Waals surface area contributed by atoms with Gasteiger partial charge in [-0.15, -0.1) is 10.2 Å². The van der Waals surface area contributed by atoms with Gasteiger partial charge in [-0.25, -0.2) is 4.39 Å². The van der Waals surface area contributed by atoms with E-state index < -0.39 is 0 Å². The van der Waals surface area contributed by atoms with Crippen molar-refractivity contribution in [2.45, 2.75) is 24.9 Å². The number of anilines is 1. The standard InChI is InChI=1S/C23H23FN4O/c1-27-21(16-17-6-8-19(24)9-7-17)25-26-22(27)28-14-12-23(13-15-28)11-10-18-4-2-3-5-20(18)29-23/h2-11H,12-16H2,1H3. The molecule has 6 heteroatoms. The number of aromatic nitrogens is 3. The molecule has 5 nitrogen and oxygen atoms in total. The van der Waals surface area contributed by atoms with E-state index in [1.54, 1.807) is 12.1 Å². The van der Waals surface area contributed by atoms with Crippen LogP contribution in [0.25, 0.3) is 6.08 Å². The van der Waals surface area contributed by atoms with Gasteiger partial charge in [0.05, 0.1) is 0 Å². The molecule has 2 aliphatic heterocycles. The molecule has 1 aromatic heterocycles. The van der Waals surface area contributed by atoms with Crippen LogP contribution in [-0.4, -0.2) is 33.5 Å². The summed E-state index contributed by atoms with van der Waals surface area (Å²) in [7, 11) is 1.99. The van der Waals surface area contributed by atoms with Crippen molar-refractivity contribution in [2.75, 3.05) is 18.0 Å². The summed E-state index contributed by atoms with van der Waals surface area (Å²) in [6, 6.07) is 14.7. The third-order valence-electron chi connectivity index (χ3n) is 5.91. The lowest BCUT2D eigenvalue weighted by molar-refractivity contribution is 0.0888. The molecule has 0 radical (unpaired) electrons. The minimum Gasteiger partial charge on any atom is -0.482 e. The van der Waals surface area contributed by atoms with Crippen molar-refractivity contribution >= 4 is 12.0 Å². The maximum absolute atomic E-state index is 13.1. The van der Waals surface area contributed by atoms with Crippen molar-refractivity contribution < 1.29 is 9.13 Å². The first-order valence-electron chi connectivity index (χ1n) is 9.97. The summed E-state index contributed by atoms with van der Waals surface area (Å²) in [5.41, 5.74) is 1.92. The first-order chi connectivity index (χ1) is 14.1. The van der Waals surface area contributed by atoms with Gasteiger partial charge >= 0.3 is 0 Å². The minimum absolute atomic E-state index is 0.226. The zero-order chi connectivity index (χ0) is 19.8. The van der Waals surface area contributed by atoms with E-state index in [1.165, 1.54) is 12.1 Å². The summed E-state index contributed by atoms with van der Waals surface area (Å²) < 4.78 is 21.5. The van der Waals surface area contributed by atoms with Gasteiger partial charge in [-0.1, -0.05) is 36.4 Å². The summed E-state index contributed by atoms with van der Waals surface area (Å²) >= 11 is 0. The van der Waals surface area contributed by atoms with Crippen LogP contribution in [-0.2, 0) is 13.5 Å². The summed E-state index contributed by atoms with van der Waals surface area (Å²) in [6.45, 7) is 1.71. The lowest BCUT2D eigenvalue weighted by atomic mass is 9.88. The Morgan fingerprint density at radius 2 is 1.79 bits per heavy atom. The highest BCUT2D eigenvalue weighted by Crippen LogP contribution is 2.37. The largest absolute Gasteiger partial charge is 0.482 e. The Morgan fingerprint density at radius 3 is 2.59 bits per heavy atom. The van der Waals surface area contributed by atoms with Gasteiger partial charge in [0.15, 0.2) is 0 Å². The van der Waals surface area contributed by atoms with Gasteiger partial charge in [0.1, 0.15) is 23.0 Å². The first-order valence-corrected chi connectivity index (χ1v) is 9.97. The van der Waals surface area contributed by atoms with E-state index in [9.17, 15) is 4.39 Å². The Labute approximate surface area is 169 Å². The molecular weight excluding hydrogens is 367 g/mol. The zero-order valence-electron chi connectivity index (χ0n) is 16.4. The number of rotatable bonds is 3. The molecule has 2 aliphatic rings. The van der Waals surface area contributed by atoms with Crippen molar-refractivity contribution in [1.82, 2.24) is 14.8 Å². The number of ether oxygens (including phenoxy) is 1. The normalized spacial score (nSPS) is 17.2. The predicted molar refractivity (Wildman–Crippen MR) is 110 cm³/mol. The number of hydrogen-bond donors (Lipinski definition) is 0. The van der Waals surface area contributed by atoms with Gasteiger partial charge in [0, 0.05) is 45.0 Å². The van der Waals surface area contributed by atoms with Crippen LogP contribution in [0, 0.1) is 5.82 Å². The Hall–Kier alpha value is -3.15. The van der Waals surface area contributed by atoms with E-state index in [-0.39, 0.29) is 11.4 Å². The molecule has 0 amide bonds. The molecule has 3 heterocycles. The second-order valence-electron chi connectivity index (χ2n) is 7.80. The molecule has 0 bridgehead atoms. The lowest BCUT2D eigenvalue weighted by Gasteiger charge is -2.42. The SMILES string of the molecule is Cn1c(Cc2ccc(F)cc2)nnc1N1CCC2(C=Cc3ccccc3O2)CC1. The fraction of sp³-hybridized carbons (Fsp3) is 0.304. The molecule has 148 valence electrons. The highest BCUT2D eigenvalue weighted by molar-refractivity contribution is 5.61. The number of piperidine rings is 1. The molecule has 0 atom stereocenters. The molecule has 2 aromatic carbocycles. The van der Waals surface area contributed by atoms with E-state index in [1.807, 2.05) is 29.8 Å². The fourth-order valence-corrected chi connectivity index (χ4v) is 4.13. The van der Waals surface area contributed by atoms with Gasteiger partial charge in [-0.3, -0.25) is 0 Å². The van der Waals surface area contributed by atoms with Crippen LogP contribution >= 0.6 is 0 Å². The maximum atomic E-state index is 13.1. The molecule has 1 saturated heterocycles. The summed E-state index contributed by atoms with van der Waals surface area (Å²) in [4.78, 5) is 2.27. The zero-order valence-corrected chi connectivity index (χ0v) is 16.4. The summed E-state index contributed by atoms with van der Waals surface area (Å²) in [6.07, 6.45) is 6.82. The van der Waals surface area contributed by atoms with Crippen LogP contribution in [0.1, 0.15) is 29.8 Å². The Kier molecular flexibility index (Phi) is 4.34. The van der Waals surface area contributed by atoms with Crippen molar-refractivity contribution in [3.8, 4) is 5.75 Å². The predicted octanol–water partition coefficient (Wildman–Crippen LogP) is 3.99. The Bertz CT molecular complexity index is 1050. The van der Waals surface area contributed by atoms with Crippen molar-refractivity contribution in [1.29, 1.82) is 0 Å². The second kappa shape index (κ2) is 7.03. The number of nitrogens with zero attached hydrogens (tertiary/aromatic N) is 4. The van der Waals surface area contributed by atoms with Crippen LogP contribution in [0.2, 0.25) is 0 Å². The Balaban J connectivity index is 1.28. The topological polar surface area (TPSA) is 43.2 Å². The quantitative estimate of drug-likeness (QED) is 0.678. The minimum atomic E-state index is -0.236. The molecule has 3 aromatic rings. The van der Waals surface area contributed by atoms with Gasteiger partial charge < -0.3 is 14.2 Å². The number of halogens is 1. The van der Waals surface area contributed by atoms with Crippen molar-refractivity contribution in [3.05, 3.63) is 77.4 Å². The van der Waals surface area contributed by atoms with Gasteiger partial charge in [-0.2, -0.15) is 0 Å². The average Bonchev–Trinajstić information content (AvgIpc) is 3.10.